The monoisotopic (exact) mass is 379 g/mol. The van der Waals surface area contributed by atoms with Crippen molar-refractivity contribution in [2.75, 3.05) is 0 Å². The first-order valence-electron chi connectivity index (χ1n) is 9.51. The first kappa shape index (κ1) is 18.1. The molecule has 0 saturated heterocycles. The third kappa shape index (κ3) is 4.01. The lowest BCUT2D eigenvalue weighted by Gasteiger charge is -2.26. The summed E-state index contributed by atoms with van der Waals surface area (Å²) >= 11 is 5.82. The molecule has 0 radical (unpaired) electrons. The number of nitrogens with zero attached hydrogens (tertiary/aromatic N) is 5. The number of pyridine rings is 1. The highest BCUT2D eigenvalue weighted by Crippen LogP contribution is 2.38. The maximum Gasteiger partial charge on any atom is 0.199 e. The van der Waals surface area contributed by atoms with Gasteiger partial charge < -0.3 is 0 Å². The van der Waals surface area contributed by atoms with Crippen LogP contribution in [0.3, 0.4) is 0 Å². The maximum absolute atomic E-state index is 5.82. The van der Waals surface area contributed by atoms with Crippen LogP contribution in [0.2, 0.25) is 0 Å². The second-order valence-electron chi connectivity index (χ2n) is 7.41. The van der Waals surface area contributed by atoms with Crippen molar-refractivity contribution >= 4 is 12.2 Å². The summed E-state index contributed by atoms with van der Waals surface area (Å²) in [7, 11) is 0. The normalized spacial score (nSPS) is 14.2. The summed E-state index contributed by atoms with van der Waals surface area (Å²) in [5.41, 5.74) is 2.37. The van der Waals surface area contributed by atoms with Crippen LogP contribution >= 0.6 is 12.2 Å². The van der Waals surface area contributed by atoms with Gasteiger partial charge in [-0.2, -0.15) is 5.10 Å². The van der Waals surface area contributed by atoms with E-state index in [2.05, 4.69) is 58.6 Å². The Labute approximate surface area is 165 Å². The Kier molecular flexibility index (Phi) is 5.18. The van der Waals surface area contributed by atoms with E-state index in [-0.39, 0.29) is 0 Å². The van der Waals surface area contributed by atoms with Gasteiger partial charge in [0.05, 0.1) is 6.67 Å². The van der Waals surface area contributed by atoms with E-state index in [9.17, 15) is 0 Å². The van der Waals surface area contributed by atoms with E-state index >= 15 is 0 Å². The van der Waals surface area contributed by atoms with Crippen molar-refractivity contribution in [3.05, 3.63) is 65.2 Å². The summed E-state index contributed by atoms with van der Waals surface area (Å²) < 4.78 is 5.01. The van der Waals surface area contributed by atoms with Crippen LogP contribution in [-0.2, 0) is 13.2 Å². The standard InChI is InChI=1S/C21H25N5S/c1-16(2)24(14-17-6-4-3-5-7-17)15-25-21(27)26(19-8-9-19)20(23-25)18-10-12-22-13-11-18/h3-7,10-13,16,19H,8-9,14-15H2,1-2H3. The molecule has 2 heterocycles. The minimum absolute atomic E-state index is 0.391. The van der Waals surface area contributed by atoms with Crippen LogP contribution in [0, 0.1) is 4.77 Å². The Balaban J connectivity index is 1.66. The molecule has 0 spiro atoms. The van der Waals surface area contributed by atoms with Gasteiger partial charge in [-0.1, -0.05) is 30.3 Å². The first-order chi connectivity index (χ1) is 13.1. The highest BCUT2D eigenvalue weighted by atomic mass is 32.1. The first-order valence-corrected chi connectivity index (χ1v) is 9.92. The Morgan fingerprint density at radius 1 is 1.11 bits per heavy atom. The molecule has 0 unspecified atom stereocenters. The van der Waals surface area contributed by atoms with Crippen LogP contribution in [0.1, 0.15) is 38.3 Å². The zero-order valence-electron chi connectivity index (χ0n) is 15.8. The fourth-order valence-corrected chi connectivity index (χ4v) is 3.59. The Bertz CT molecular complexity index is 942. The van der Waals surface area contributed by atoms with Gasteiger partial charge >= 0.3 is 0 Å². The summed E-state index contributed by atoms with van der Waals surface area (Å²) in [6.07, 6.45) is 5.97. The molecule has 5 nitrogen and oxygen atoms in total. The Morgan fingerprint density at radius 3 is 2.44 bits per heavy atom. The highest BCUT2D eigenvalue weighted by Gasteiger charge is 2.29. The van der Waals surface area contributed by atoms with Gasteiger partial charge in [-0.05, 0) is 56.6 Å². The predicted octanol–water partition coefficient (Wildman–Crippen LogP) is 4.68. The summed E-state index contributed by atoms with van der Waals surface area (Å²) in [5.74, 6) is 0.952. The molecule has 6 heteroatoms. The van der Waals surface area contributed by atoms with Crippen molar-refractivity contribution in [2.24, 2.45) is 0 Å². The smallest absolute Gasteiger partial charge is 0.199 e. The SMILES string of the molecule is CC(C)N(Cc1ccccc1)Cn1nc(-c2ccncc2)n(C2CC2)c1=S. The summed E-state index contributed by atoms with van der Waals surface area (Å²) in [6, 6.07) is 15.4. The molecule has 0 bridgehead atoms. The number of hydrogen-bond donors (Lipinski definition) is 0. The number of hydrogen-bond acceptors (Lipinski definition) is 4. The third-order valence-corrected chi connectivity index (χ3v) is 5.40. The molecule has 1 aromatic carbocycles. The molecule has 4 rings (SSSR count). The largest absolute Gasteiger partial charge is 0.297 e. The van der Waals surface area contributed by atoms with Gasteiger partial charge in [0.15, 0.2) is 10.6 Å². The van der Waals surface area contributed by atoms with E-state index in [4.69, 9.17) is 17.3 Å². The minimum Gasteiger partial charge on any atom is -0.297 e. The van der Waals surface area contributed by atoms with Crippen molar-refractivity contribution in [2.45, 2.75) is 52.0 Å². The van der Waals surface area contributed by atoms with Gasteiger partial charge in [0, 0.05) is 36.6 Å². The third-order valence-electron chi connectivity index (χ3n) is 5.00. The predicted molar refractivity (Wildman–Crippen MR) is 110 cm³/mol. The van der Waals surface area contributed by atoms with Crippen molar-refractivity contribution in [1.29, 1.82) is 0 Å². The fourth-order valence-electron chi connectivity index (χ4n) is 3.26. The molecular weight excluding hydrogens is 354 g/mol. The lowest BCUT2D eigenvalue weighted by atomic mass is 10.2. The molecule has 27 heavy (non-hydrogen) atoms. The van der Waals surface area contributed by atoms with E-state index in [0.717, 1.165) is 22.7 Å². The van der Waals surface area contributed by atoms with Gasteiger partial charge in [-0.25, -0.2) is 4.68 Å². The van der Waals surface area contributed by atoms with Gasteiger partial charge in [-0.3, -0.25) is 14.5 Å². The quantitative estimate of drug-likeness (QED) is 0.559. The molecule has 0 atom stereocenters. The summed E-state index contributed by atoms with van der Waals surface area (Å²) in [5, 5.41) is 4.91. The second kappa shape index (κ2) is 7.74. The number of benzene rings is 1. The molecule has 140 valence electrons. The maximum atomic E-state index is 5.82. The zero-order valence-corrected chi connectivity index (χ0v) is 16.6. The molecular formula is C21H25N5S. The van der Waals surface area contributed by atoms with Crippen molar-refractivity contribution < 1.29 is 0 Å². The van der Waals surface area contributed by atoms with E-state index in [1.807, 2.05) is 29.2 Å². The van der Waals surface area contributed by atoms with Crippen LogP contribution in [-0.4, -0.2) is 30.3 Å². The Morgan fingerprint density at radius 2 is 1.81 bits per heavy atom. The summed E-state index contributed by atoms with van der Waals surface area (Å²) in [6.45, 7) is 5.99. The van der Waals surface area contributed by atoms with E-state index in [1.54, 1.807) is 0 Å². The van der Waals surface area contributed by atoms with E-state index in [0.29, 0.717) is 18.8 Å². The number of rotatable bonds is 7. The highest BCUT2D eigenvalue weighted by molar-refractivity contribution is 7.71. The second-order valence-corrected chi connectivity index (χ2v) is 7.78. The Hall–Kier alpha value is -2.31. The molecule has 0 aliphatic heterocycles. The molecule has 2 aromatic heterocycles. The topological polar surface area (TPSA) is 38.9 Å². The van der Waals surface area contributed by atoms with Gasteiger partial charge in [0.25, 0.3) is 0 Å². The lowest BCUT2D eigenvalue weighted by molar-refractivity contribution is 0.153. The zero-order chi connectivity index (χ0) is 18.8. The van der Waals surface area contributed by atoms with Crippen LogP contribution in [0.4, 0.5) is 0 Å². The van der Waals surface area contributed by atoms with E-state index in [1.165, 1.54) is 18.4 Å². The van der Waals surface area contributed by atoms with Crippen LogP contribution in [0.5, 0.6) is 0 Å². The molecule has 1 saturated carbocycles. The van der Waals surface area contributed by atoms with Crippen molar-refractivity contribution in [3.8, 4) is 11.4 Å². The van der Waals surface area contributed by atoms with Crippen molar-refractivity contribution in [3.63, 3.8) is 0 Å². The molecule has 1 aliphatic rings. The molecule has 1 fully saturated rings. The van der Waals surface area contributed by atoms with Gasteiger partial charge in [-0.15, -0.1) is 0 Å². The fraction of sp³-hybridized carbons (Fsp3) is 0.381. The van der Waals surface area contributed by atoms with E-state index < -0.39 is 0 Å². The molecule has 0 N–H and O–H groups in total. The van der Waals surface area contributed by atoms with Crippen molar-refractivity contribution in [1.82, 2.24) is 24.2 Å². The molecule has 1 aliphatic carbocycles. The molecule has 3 aromatic rings. The van der Waals surface area contributed by atoms with Crippen LogP contribution in [0.25, 0.3) is 11.4 Å². The molecule has 0 amide bonds. The average molecular weight is 380 g/mol. The van der Waals surface area contributed by atoms with Gasteiger partial charge in [0.1, 0.15) is 0 Å². The van der Waals surface area contributed by atoms with Crippen LogP contribution in [0.15, 0.2) is 54.9 Å². The minimum atomic E-state index is 0.391. The van der Waals surface area contributed by atoms with Gasteiger partial charge in [0.2, 0.25) is 0 Å². The van der Waals surface area contributed by atoms with Crippen LogP contribution < -0.4 is 0 Å². The summed E-state index contributed by atoms with van der Waals surface area (Å²) in [4.78, 5) is 6.53. The lowest BCUT2D eigenvalue weighted by Crippen LogP contribution is -2.33. The average Bonchev–Trinajstić information content (AvgIpc) is 3.47. The number of aromatic nitrogens is 4.